The van der Waals surface area contributed by atoms with E-state index in [2.05, 4.69) is 0 Å². The van der Waals surface area contributed by atoms with Crippen molar-refractivity contribution >= 4 is 10.0 Å². The van der Waals surface area contributed by atoms with Crippen LogP contribution in [0.25, 0.3) is 0 Å². The van der Waals surface area contributed by atoms with Crippen molar-refractivity contribution in [2.75, 3.05) is 32.9 Å². The molecule has 23 heavy (non-hydrogen) atoms. The number of nitrogens with zero attached hydrogens (tertiary/aromatic N) is 1. The van der Waals surface area contributed by atoms with Gasteiger partial charge in [-0.2, -0.15) is 31.0 Å². The number of hydroxylamine groups is 3. The molecule has 0 aromatic heterocycles. The van der Waals surface area contributed by atoms with Crippen molar-refractivity contribution in [3.05, 3.63) is 0 Å². The zero-order valence-electron chi connectivity index (χ0n) is 12.3. The Morgan fingerprint density at radius 1 is 1.00 bits per heavy atom. The molecule has 0 aliphatic carbocycles. The molecule has 0 bridgehead atoms. The lowest BCUT2D eigenvalue weighted by molar-refractivity contribution is -1.07. The topological polar surface area (TPSA) is 66.4 Å². The molecule has 0 amide bonds. The molecule has 2 N–H and O–H groups in total. The fourth-order valence-corrected chi connectivity index (χ4v) is 2.63. The standard InChI is InChI=1S/C10H18F7N2O3S/c1-19(2,20)6-3-5-18-23(21,22)7-4-8(11,9(12,13)14)10(15,16)17/h18,20H,3-7H2,1-2H3/q+1. The normalized spacial score (nSPS) is 15.0. The van der Waals surface area contributed by atoms with Crippen LogP contribution in [0.1, 0.15) is 12.8 Å². The third-order valence-corrected chi connectivity index (χ3v) is 4.20. The first-order valence-corrected chi connectivity index (χ1v) is 7.92. The quantitative estimate of drug-likeness (QED) is 0.293. The van der Waals surface area contributed by atoms with E-state index in [1.54, 1.807) is 4.72 Å². The second-order valence-electron chi connectivity index (χ2n) is 5.46. The minimum absolute atomic E-state index is 0.0715. The number of quaternary nitrogens is 1. The molecular formula is C10H18F7N2O3S+. The first kappa shape index (κ1) is 22.3. The van der Waals surface area contributed by atoms with E-state index in [1.165, 1.54) is 14.1 Å². The lowest BCUT2D eigenvalue weighted by atomic mass is 10.0. The van der Waals surface area contributed by atoms with E-state index in [0.29, 0.717) is 0 Å². The van der Waals surface area contributed by atoms with Crippen LogP contribution in [0.4, 0.5) is 30.7 Å². The molecular weight excluding hydrogens is 361 g/mol. The van der Waals surface area contributed by atoms with Crippen LogP contribution in [0, 0.1) is 0 Å². The Morgan fingerprint density at radius 3 is 1.78 bits per heavy atom. The molecule has 5 nitrogen and oxygen atoms in total. The number of hydrogen-bond acceptors (Lipinski definition) is 3. The van der Waals surface area contributed by atoms with Crippen molar-refractivity contribution in [2.24, 2.45) is 0 Å². The lowest BCUT2D eigenvalue weighted by Gasteiger charge is -2.29. The van der Waals surface area contributed by atoms with Crippen LogP contribution in [-0.4, -0.2) is 69.2 Å². The van der Waals surface area contributed by atoms with Crippen molar-refractivity contribution in [1.82, 2.24) is 4.72 Å². The second-order valence-corrected chi connectivity index (χ2v) is 7.38. The van der Waals surface area contributed by atoms with Crippen molar-refractivity contribution < 1.29 is 49.0 Å². The van der Waals surface area contributed by atoms with Gasteiger partial charge >= 0.3 is 12.4 Å². The summed E-state index contributed by atoms with van der Waals surface area (Å²) in [6.45, 7) is -0.234. The van der Waals surface area contributed by atoms with Crippen LogP contribution in [0.5, 0.6) is 0 Å². The molecule has 140 valence electrons. The summed E-state index contributed by atoms with van der Waals surface area (Å²) in [5, 5.41) is 9.30. The van der Waals surface area contributed by atoms with Gasteiger partial charge in [0.05, 0.1) is 19.8 Å². The van der Waals surface area contributed by atoms with Crippen molar-refractivity contribution in [2.45, 2.75) is 30.9 Å². The predicted molar refractivity (Wildman–Crippen MR) is 65.7 cm³/mol. The Kier molecular flexibility index (Phi) is 6.87. The highest BCUT2D eigenvalue weighted by Gasteiger charge is 2.72. The highest BCUT2D eigenvalue weighted by Crippen LogP contribution is 2.48. The van der Waals surface area contributed by atoms with Gasteiger partial charge in [0.2, 0.25) is 10.0 Å². The first-order chi connectivity index (χ1) is 9.91. The molecule has 0 fully saturated rings. The van der Waals surface area contributed by atoms with Gasteiger partial charge in [-0.05, 0) is 0 Å². The van der Waals surface area contributed by atoms with Crippen LogP contribution in [0.15, 0.2) is 0 Å². The van der Waals surface area contributed by atoms with Gasteiger partial charge in [-0.15, -0.1) is 0 Å². The summed E-state index contributed by atoms with van der Waals surface area (Å²) >= 11 is 0. The molecule has 0 heterocycles. The molecule has 0 aromatic carbocycles. The van der Waals surface area contributed by atoms with Crippen molar-refractivity contribution in [3.8, 4) is 0 Å². The fourth-order valence-electron chi connectivity index (χ4n) is 1.49. The molecule has 0 radical (unpaired) electrons. The van der Waals surface area contributed by atoms with E-state index in [4.69, 9.17) is 0 Å². The SMILES string of the molecule is C[N+](C)(O)CCCNS(=O)(=O)CCC(F)(C(F)(F)F)C(F)(F)F. The summed E-state index contributed by atoms with van der Waals surface area (Å²) < 4.78 is 111. The minimum atomic E-state index is -6.28. The molecule has 0 unspecified atom stereocenters. The molecule has 0 rings (SSSR count). The number of rotatable bonds is 8. The molecule has 13 heteroatoms. The number of nitrogens with one attached hydrogen (secondary N) is 1. The smallest absolute Gasteiger partial charge is 0.224 e. The second kappa shape index (κ2) is 7.07. The third kappa shape index (κ3) is 7.18. The van der Waals surface area contributed by atoms with E-state index >= 15 is 0 Å². The van der Waals surface area contributed by atoms with Crippen LogP contribution in [0.2, 0.25) is 0 Å². The highest BCUT2D eigenvalue weighted by atomic mass is 32.2. The Morgan fingerprint density at radius 2 is 1.43 bits per heavy atom. The summed E-state index contributed by atoms with van der Waals surface area (Å²) in [6, 6.07) is 0. The maximum absolute atomic E-state index is 13.3. The first-order valence-electron chi connectivity index (χ1n) is 6.27. The molecule has 0 saturated carbocycles. The molecule has 0 atom stereocenters. The Labute approximate surface area is 128 Å². The van der Waals surface area contributed by atoms with Crippen LogP contribution >= 0.6 is 0 Å². The zero-order valence-corrected chi connectivity index (χ0v) is 13.1. The fraction of sp³-hybridized carbons (Fsp3) is 1.00. The predicted octanol–water partition coefficient (Wildman–Crippen LogP) is 1.98. The van der Waals surface area contributed by atoms with Gasteiger partial charge in [0.1, 0.15) is 6.54 Å². The summed E-state index contributed by atoms with van der Waals surface area (Å²) in [5.74, 6) is -1.68. The van der Waals surface area contributed by atoms with Crippen LogP contribution < -0.4 is 4.72 Å². The van der Waals surface area contributed by atoms with Crippen molar-refractivity contribution in [3.63, 3.8) is 0 Å². The average molecular weight is 379 g/mol. The molecule has 0 aromatic rings. The lowest BCUT2D eigenvalue weighted by Crippen LogP contribution is -2.54. The van der Waals surface area contributed by atoms with Crippen LogP contribution in [0.3, 0.4) is 0 Å². The number of halogens is 7. The Balaban J connectivity index is 4.73. The van der Waals surface area contributed by atoms with Crippen molar-refractivity contribution in [1.29, 1.82) is 0 Å². The number of alkyl halides is 7. The maximum atomic E-state index is 13.3. The average Bonchev–Trinajstić information content (AvgIpc) is 2.28. The minimum Gasteiger partial charge on any atom is -0.224 e. The van der Waals surface area contributed by atoms with E-state index < -0.39 is 44.9 Å². The highest BCUT2D eigenvalue weighted by molar-refractivity contribution is 7.89. The van der Waals surface area contributed by atoms with E-state index in [0.717, 1.165) is 0 Å². The van der Waals surface area contributed by atoms with E-state index in [-0.39, 0.29) is 19.5 Å². The molecule has 0 aliphatic rings. The Hall–Kier alpha value is -0.660. The Bertz CT molecular complexity index is 468. The molecule has 0 aliphatic heterocycles. The summed E-state index contributed by atoms with van der Waals surface area (Å²) in [6.07, 6.45) is -14.8. The monoisotopic (exact) mass is 379 g/mol. The van der Waals surface area contributed by atoms with Crippen LogP contribution in [-0.2, 0) is 10.0 Å². The largest absolute Gasteiger partial charge is 0.431 e. The van der Waals surface area contributed by atoms with E-state index in [9.17, 15) is 44.4 Å². The number of sulfonamides is 1. The van der Waals surface area contributed by atoms with E-state index in [1.807, 2.05) is 0 Å². The summed E-state index contributed by atoms with van der Waals surface area (Å²) in [7, 11) is -1.78. The molecule has 0 spiro atoms. The van der Waals surface area contributed by atoms with Gasteiger partial charge in [0.15, 0.2) is 0 Å². The van der Waals surface area contributed by atoms with Gasteiger partial charge in [-0.3, -0.25) is 0 Å². The summed E-state index contributed by atoms with van der Waals surface area (Å²) in [4.78, 5) is 0. The maximum Gasteiger partial charge on any atom is 0.431 e. The summed E-state index contributed by atoms with van der Waals surface area (Å²) in [5.41, 5.74) is -5.60. The van der Waals surface area contributed by atoms with Gasteiger partial charge in [0, 0.05) is 19.4 Å². The molecule has 0 saturated heterocycles. The van der Waals surface area contributed by atoms with Gasteiger partial charge in [-0.1, -0.05) is 0 Å². The van der Waals surface area contributed by atoms with Gasteiger partial charge in [-0.25, -0.2) is 22.7 Å². The third-order valence-electron chi connectivity index (χ3n) is 2.82. The number of hydrogen-bond donors (Lipinski definition) is 2. The zero-order chi connectivity index (χ0) is 18.7. The van der Waals surface area contributed by atoms with Gasteiger partial charge < -0.3 is 0 Å². The van der Waals surface area contributed by atoms with Gasteiger partial charge in [0.25, 0.3) is 5.67 Å².